The highest BCUT2D eigenvalue weighted by Crippen LogP contribution is 2.16. The summed E-state index contributed by atoms with van der Waals surface area (Å²) in [5.74, 6) is -0.523. The van der Waals surface area contributed by atoms with Gasteiger partial charge in [0.1, 0.15) is 5.75 Å². The van der Waals surface area contributed by atoms with Crippen LogP contribution in [0.25, 0.3) is 0 Å². The molecule has 0 aliphatic carbocycles. The molecule has 2 aromatic rings. The van der Waals surface area contributed by atoms with Crippen LogP contribution in [0.3, 0.4) is 0 Å². The average molecular weight is 339 g/mol. The van der Waals surface area contributed by atoms with Gasteiger partial charge in [0, 0.05) is 24.1 Å². The molecule has 130 valence electrons. The van der Waals surface area contributed by atoms with Crippen molar-refractivity contribution in [2.45, 2.75) is 26.7 Å². The number of carbonyl (C=O) groups excluding carboxylic acids is 2. The van der Waals surface area contributed by atoms with E-state index in [1.165, 1.54) is 12.3 Å². The van der Waals surface area contributed by atoms with Crippen LogP contribution in [0.4, 0.5) is 5.69 Å². The van der Waals surface area contributed by atoms with Gasteiger partial charge in [0.15, 0.2) is 0 Å². The Bertz CT molecular complexity index is 800. The van der Waals surface area contributed by atoms with Gasteiger partial charge in [-0.25, -0.2) is 5.43 Å². The zero-order valence-corrected chi connectivity index (χ0v) is 14.2. The summed E-state index contributed by atoms with van der Waals surface area (Å²) in [5.41, 5.74) is 5.61. The van der Waals surface area contributed by atoms with Crippen molar-refractivity contribution < 1.29 is 14.7 Å². The molecule has 6 heteroatoms. The second-order valence-electron chi connectivity index (χ2n) is 5.72. The molecule has 0 aliphatic rings. The van der Waals surface area contributed by atoms with Crippen LogP contribution in [0.2, 0.25) is 0 Å². The number of nitrogens with one attached hydrogen (secondary N) is 2. The van der Waals surface area contributed by atoms with Crippen molar-refractivity contribution in [3.05, 3.63) is 59.2 Å². The summed E-state index contributed by atoms with van der Waals surface area (Å²) in [5, 5.41) is 16.2. The van der Waals surface area contributed by atoms with Gasteiger partial charge in [-0.05, 0) is 43.2 Å². The average Bonchev–Trinajstić information content (AvgIpc) is 2.58. The van der Waals surface area contributed by atoms with Crippen molar-refractivity contribution in [3.8, 4) is 5.75 Å². The van der Waals surface area contributed by atoms with E-state index in [9.17, 15) is 14.7 Å². The first kappa shape index (κ1) is 18.2. The molecular weight excluding hydrogens is 318 g/mol. The van der Waals surface area contributed by atoms with Gasteiger partial charge < -0.3 is 10.4 Å². The van der Waals surface area contributed by atoms with E-state index >= 15 is 0 Å². The molecule has 25 heavy (non-hydrogen) atoms. The van der Waals surface area contributed by atoms with Crippen LogP contribution in [-0.2, 0) is 9.59 Å². The first-order valence-electron chi connectivity index (χ1n) is 7.92. The van der Waals surface area contributed by atoms with E-state index in [1.54, 1.807) is 18.2 Å². The Morgan fingerprint density at radius 1 is 1.08 bits per heavy atom. The molecule has 0 spiro atoms. The van der Waals surface area contributed by atoms with Crippen molar-refractivity contribution >= 4 is 23.7 Å². The Kier molecular flexibility index (Phi) is 6.28. The molecule has 0 atom stereocenters. The van der Waals surface area contributed by atoms with Crippen LogP contribution in [-0.4, -0.2) is 23.1 Å². The number of hydrazone groups is 1. The number of aromatic hydroxyl groups is 1. The number of benzene rings is 2. The number of phenolic OH excluding ortho intramolecular Hbond substituents is 1. The normalized spacial score (nSPS) is 10.6. The zero-order chi connectivity index (χ0) is 18.2. The maximum Gasteiger partial charge on any atom is 0.240 e. The van der Waals surface area contributed by atoms with Crippen molar-refractivity contribution in [3.63, 3.8) is 0 Å². The molecule has 0 fully saturated rings. The molecule has 6 nitrogen and oxygen atoms in total. The van der Waals surface area contributed by atoms with E-state index in [0.29, 0.717) is 5.56 Å². The Morgan fingerprint density at radius 2 is 1.80 bits per heavy atom. The number of hydrogen-bond donors (Lipinski definition) is 3. The monoisotopic (exact) mass is 339 g/mol. The highest BCUT2D eigenvalue weighted by atomic mass is 16.3. The second kappa shape index (κ2) is 8.63. The third kappa shape index (κ3) is 5.76. The van der Waals surface area contributed by atoms with Gasteiger partial charge >= 0.3 is 0 Å². The van der Waals surface area contributed by atoms with E-state index < -0.39 is 0 Å². The number of rotatable bonds is 6. The lowest BCUT2D eigenvalue weighted by molar-refractivity contribution is -0.124. The van der Waals surface area contributed by atoms with Gasteiger partial charge in [-0.1, -0.05) is 24.3 Å². The summed E-state index contributed by atoms with van der Waals surface area (Å²) in [7, 11) is 0. The lowest BCUT2D eigenvalue weighted by Gasteiger charge is -2.09. The second-order valence-corrected chi connectivity index (χ2v) is 5.72. The quantitative estimate of drug-likeness (QED) is 0.558. The number of aryl methyl sites for hydroxylation is 2. The molecule has 2 rings (SSSR count). The number of nitrogens with zero attached hydrogens (tertiary/aromatic N) is 1. The summed E-state index contributed by atoms with van der Waals surface area (Å²) >= 11 is 0. The molecule has 0 saturated heterocycles. The molecule has 0 heterocycles. The topological polar surface area (TPSA) is 90.8 Å². The molecule has 0 radical (unpaired) electrons. The number of amides is 2. The van der Waals surface area contributed by atoms with Gasteiger partial charge in [-0.15, -0.1) is 0 Å². The third-order valence-corrected chi connectivity index (χ3v) is 3.58. The molecule has 0 aliphatic heterocycles. The first-order valence-corrected chi connectivity index (χ1v) is 7.92. The van der Waals surface area contributed by atoms with Gasteiger partial charge in [0.2, 0.25) is 11.8 Å². The van der Waals surface area contributed by atoms with Gasteiger partial charge in [-0.2, -0.15) is 5.10 Å². The van der Waals surface area contributed by atoms with Crippen molar-refractivity contribution in [1.29, 1.82) is 0 Å². The van der Waals surface area contributed by atoms with Crippen LogP contribution in [0, 0.1) is 13.8 Å². The van der Waals surface area contributed by atoms with Crippen molar-refractivity contribution in [1.82, 2.24) is 5.43 Å². The highest BCUT2D eigenvalue weighted by molar-refractivity contribution is 5.94. The Morgan fingerprint density at radius 3 is 2.56 bits per heavy atom. The molecule has 0 saturated carbocycles. The standard InChI is InChI=1S/C19H21N3O3/c1-13-7-8-14(2)16(11-13)21-18(24)9-10-19(25)22-20-12-15-5-3-4-6-17(15)23/h3-8,11-12,23H,9-10H2,1-2H3,(H,21,24)(H,22,25). The molecular formula is C19H21N3O3. The Labute approximate surface area is 146 Å². The smallest absolute Gasteiger partial charge is 0.240 e. The lowest BCUT2D eigenvalue weighted by atomic mass is 10.1. The molecule has 0 unspecified atom stereocenters. The van der Waals surface area contributed by atoms with Crippen LogP contribution >= 0.6 is 0 Å². The minimum atomic E-state index is -0.372. The fourth-order valence-corrected chi connectivity index (χ4v) is 2.14. The number of anilines is 1. The summed E-state index contributed by atoms with van der Waals surface area (Å²) < 4.78 is 0. The van der Waals surface area contributed by atoms with Gasteiger partial charge in [0.05, 0.1) is 6.21 Å². The summed E-state index contributed by atoms with van der Waals surface area (Å²) in [6, 6.07) is 12.4. The summed E-state index contributed by atoms with van der Waals surface area (Å²) in [4.78, 5) is 23.7. The number of hydrogen-bond acceptors (Lipinski definition) is 4. The van der Waals surface area contributed by atoms with Gasteiger partial charge in [-0.3, -0.25) is 9.59 Å². The predicted octanol–water partition coefficient (Wildman–Crippen LogP) is 2.88. The lowest BCUT2D eigenvalue weighted by Crippen LogP contribution is -2.20. The van der Waals surface area contributed by atoms with E-state index in [0.717, 1.165) is 16.8 Å². The molecule has 0 aromatic heterocycles. The van der Waals surface area contributed by atoms with Gasteiger partial charge in [0.25, 0.3) is 0 Å². The predicted molar refractivity (Wildman–Crippen MR) is 97.6 cm³/mol. The van der Waals surface area contributed by atoms with Crippen molar-refractivity contribution in [2.24, 2.45) is 5.10 Å². The van der Waals surface area contributed by atoms with E-state index in [1.807, 2.05) is 32.0 Å². The van der Waals surface area contributed by atoms with E-state index in [-0.39, 0.29) is 30.4 Å². The SMILES string of the molecule is Cc1ccc(C)c(NC(=O)CCC(=O)NN=Cc2ccccc2O)c1. The number of carbonyl (C=O) groups is 2. The molecule has 2 amide bonds. The third-order valence-electron chi connectivity index (χ3n) is 3.58. The molecule has 2 aromatic carbocycles. The van der Waals surface area contributed by atoms with Crippen molar-refractivity contribution in [2.75, 3.05) is 5.32 Å². The zero-order valence-electron chi connectivity index (χ0n) is 14.2. The Balaban J connectivity index is 1.78. The van der Waals surface area contributed by atoms with Crippen LogP contribution in [0.5, 0.6) is 5.75 Å². The summed E-state index contributed by atoms with van der Waals surface area (Å²) in [6.45, 7) is 3.86. The minimum Gasteiger partial charge on any atom is -0.507 e. The number of para-hydroxylation sites is 1. The summed E-state index contributed by atoms with van der Waals surface area (Å²) in [6.07, 6.45) is 1.43. The van der Waals surface area contributed by atoms with E-state index in [2.05, 4.69) is 15.8 Å². The fourth-order valence-electron chi connectivity index (χ4n) is 2.14. The maximum atomic E-state index is 12.0. The Hall–Kier alpha value is -3.15. The minimum absolute atomic E-state index is 0.0226. The van der Waals surface area contributed by atoms with E-state index in [4.69, 9.17) is 0 Å². The largest absolute Gasteiger partial charge is 0.507 e. The maximum absolute atomic E-state index is 12.0. The fraction of sp³-hybridized carbons (Fsp3) is 0.211. The van der Waals surface area contributed by atoms with Crippen LogP contribution in [0.15, 0.2) is 47.6 Å². The number of phenols is 1. The first-order chi connectivity index (χ1) is 12.0. The highest BCUT2D eigenvalue weighted by Gasteiger charge is 2.08. The van der Waals surface area contributed by atoms with Crippen LogP contribution in [0.1, 0.15) is 29.5 Å². The van der Waals surface area contributed by atoms with Crippen LogP contribution < -0.4 is 10.7 Å². The molecule has 0 bridgehead atoms. The molecule has 3 N–H and O–H groups in total.